The van der Waals surface area contributed by atoms with Crippen LogP contribution in [0.2, 0.25) is 0 Å². The van der Waals surface area contributed by atoms with E-state index in [1.165, 1.54) is 0 Å². The highest BCUT2D eigenvalue weighted by atomic mass is 16.3. The van der Waals surface area contributed by atoms with Gasteiger partial charge in [-0.1, -0.05) is 13.8 Å². The number of fused-ring (bicyclic) bond motifs is 1. The van der Waals surface area contributed by atoms with Gasteiger partial charge in [-0.25, -0.2) is 4.98 Å². The Kier molecular flexibility index (Phi) is 5.55. The van der Waals surface area contributed by atoms with Gasteiger partial charge >= 0.3 is 0 Å². The van der Waals surface area contributed by atoms with Crippen LogP contribution in [0.25, 0.3) is 0 Å². The second-order valence-corrected chi connectivity index (χ2v) is 8.79. The van der Waals surface area contributed by atoms with E-state index < -0.39 is 0 Å². The molecule has 3 aromatic rings. The van der Waals surface area contributed by atoms with Gasteiger partial charge in [-0.2, -0.15) is 10.1 Å². The smallest absolute Gasteiger partial charge is 0.243 e. The summed E-state index contributed by atoms with van der Waals surface area (Å²) in [7, 11) is 0. The standard InChI is InChI=1S/C23H29N7O2/c1-14(2)18-12-20(29-28-18)26-21-16-7-3-8-17(16)25-23(27-21)30-10-4-9-19(30)22(31)24-13-15-6-5-11-32-15/h5-6,11-12,14,19H,3-4,7-10,13H2,1-2H3,(H,24,31)(H2,25,26,27,28,29). The number of anilines is 3. The number of aromatic amines is 1. The van der Waals surface area contributed by atoms with E-state index in [2.05, 4.69) is 34.7 Å². The Labute approximate surface area is 187 Å². The third kappa shape index (κ3) is 4.06. The van der Waals surface area contributed by atoms with Crippen molar-refractivity contribution in [3.63, 3.8) is 0 Å². The summed E-state index contributed by atoms with van der Waals surface area (Å²) in [6.45, 7) is 5.40. The van der Waals surface area contributed by atoms with Crippen molar-refractivity contribution in [3.05, 3.63) is 47.2 Å². The maximum Gasteiger partial charge on any atom is 0.243 e. The van der Waals surface area contributed by atoms with E-state index in [1.807, 2.05) is 23.1 Å². The van der Waals surface area contributed by atoms with Crippen molar-refractivity contribution in [3.8, 4) is 0 Å². The number of H-pyrrole nitrogens is 1. The van der Waals surface area contributed by atoms with Crippen molar-refractivity contribution in [2.45, 2.75) is 64.5 Å². The highest BCUT2D eigenvalue weighted by molar-refractivity contribution is 5.85. The molecule has 3 aromatic heterocycles. The summed E-state index contributed by atoms with van der Waals surface area (Å²) >= 11 is 0. The zero-order valence-electron chi connectivity index (χ0n) is 18.5. The third-order valence-electron chi connectivity index (χ3n) is 6.22. The summed E-state index contributed by atoms with van der Waals surface area (Å²) in [4.78, 5) is 24.7. The first kappa shape index (κ1) is 20.5. The van der Waals surface area contributed by atoms with Crippen LogP contribution in [0.5, 0.6) is 0 Å². The molecule has 1 atom stereocenters. The van der Waals surface area contributed by atoms with Crippen LogP contribution in [0.4, 0.5) is 17.6 Å². The van der Waals surface area contributed by atoms with Crippen molar-refractivity contribution in [2.75, 3.05) is 16.8 Å². The van der Waals surface area contributed by atoms with E-state index in [1.54, 1.807) is 6.26 Å². The Hall–Kier alpha value is -3.36. The molecule has 1 fully saturated rings. The molecular weight excluding hydrogens is 406 g/mol. The van der Waals surface area contributed by atoms with Crippen LogP contribution >= 0.6 is 0 Å². The Balaban J connectivity index is 1.37. The van der Waals surface area contributed by atoms with Crippen LogP contribution in [0.1, 0.15) is 61.7 Å². The first-order valence-corrected chi connectivity index (χ1v) is 11.4. The summed E-state index contributed by atoms with van der Waals surface area (Å²) in [5.41, 5.74) is 3.30. The van der Waals surface area contributed by atoms with Crippen LogP contribution in [0.3, 0.4) is 0 Å². The number of amides is 1. The molecule has 1 saturated heterocycles. The highest BCUT2D eigenvalue weighted by Crippen LogP contribution is 2.32. The van der Waals surface area contributed by atoms with E-state index in [0.717, 1.165) is 73.0 Å². The molecule has 168 valence electrons. The Morgan fingerprint density at radius 2 is 2.22 bits per heavy atom. The van der Waals surface area contributed by atoms with Crippen molar-refractivity contribution in [1.29, 1.82) is 0 Å². The fourth-order valence-electron chi connectivity index (χ4n) is 4.45. The minimum Gasteiger partial charge on any atom is -0.467 e. The average molecular weight is 436 g/mol. The van der Waals surface area contributed by atoms with Gasteiger partial charge in [0, 0.05) is 23.9 Å². The van der Waals surface area contributed by atoms with Gasteiger partial charge in [0.05, 0.1) is 18.5 Å². The number of nitrogens with one attached hydrogen (secondary N) is 3. The molecule has 0 spiro atoms. The molecule has 0 aromatic carbocycles. The molecule has 0 radical (unpaired) electrons. The van der Waals surface area contributed by atoms with E-state index in [-0.39, 0.29) is 11.9 Å². The normalized spacial score (nSPS) is 17.7. The molecule has 0 bridgehead atoms. The minimum atomic E-state index is -0.282. The van der Waals surface area contributed by atoms with E-state index >= 15 is 0 Å². The number of carbonyl (C=O) groups excluding carboxylic acids is 1. The number of nitrogens with zero attached hydrogens (tertiary/aromatic N) is 4. The van der Waals surface area contributed by atoms with Crippen LogP contribution in [-0.2, 0) is 24.2 Å². The number of rotatable bonds is 7. The van der Waals surface area contributed by atoms with Gasteiger partial charge in [-0.05, 0) is 50.2 Å². The van der Waals surface area contributed by atoms with Crippen LogP contribution in [0.15, 0.2) is 28.9 Å². The topological polar surface area (TPSA) is 112 Å². The van der Waals surface area contributed by atoms with Gasteiger partial charge in [-0.15, -0.1) is 0 Å². The predicted octanol–water partition coefficient (Wildman–Crippen LogP) is 3.43. The lowest BCUT2D eigenvalue weighted by Gasteiger charge is -2.25. The van der Waals surface area contributed by atoms with Crippen molar-refractivity contribution in [1.82, 2.24) is 25.5 Å². The van der Waals surface area contributed by atoms with Crippen LogP contribution in [0, 0.1) is 0 Å². The lowest BCUT2D eigenvalue weighted by Crippen LogP contribution is -2.43. The van der Waals surface area contributed by atoms with Crippen molar-refractivity contribution < 1.29 is 9.21 Å². The first-order valence-electron chi connectivity index (χ1n) is 11.4. The van der Waals surface area contributed by atoms with Gasteiger partial charge < -0.3 is 20.0 Å². The predicted molar refractivity (Wildman–Crippen MR) is 121 cm³/mol. The molecule has 1 unspecified atom stereocenters. The van der Waals surface area contributed by atoms with Gasteiger partial charge in [0.1, 0.15) is 17.6 Å². The number of furan rings is 1. The fourth-order valence-corrected chi connectivity index (χ4v) is 4.45. The molecule has 1 aliphatic heterocycles. The summed E-state index contributed by atoms with van der Waals surface area (Å²) < 4.78 is 5.33. The van der Waals surface area contributed by atoms with Crippen molar-refractivity contribution in [2.24, 2.45) is 0 Å². The summed E-state index contributed by atoms with van der Waals surface area (Å²) in [5.74, 6) is 3.25. The van der Waals surface area contributed by atoms with Gasteiger partial charge in [0.2, 0.25) is 11.9 Å². The fraction of sp³-hybridized carbons (Fsp3) is 0.478. The van der Waals surface area contributed by atoms with Crippen LogP contribution in [-0.4, -0.2) is 38.7 Å². The molecule has 9 heteroatoms. The number of hydrogen-bond acceptors (Lipinski definition) is 7. The van der Waals surface area contributed by atoms with E-state index in [0.29, 0.717) is 18.4 Å². The average Bonchev–Trinajstić information content (AvgIpc) is 3.58. The summed E-state index contributed by atoms with van der Waals surface area (Å²) in [5, 5.41) is 13.9. The molecule has 9 nitrogen and oxygen atoms in total. The second kappa shape index (κ2) is 8.64. The lowest BCUT2D eigenvalue weighted by molar-refractivity contribution is -0.122. The second-order valence-electron chi connectivity index (χ2n) is 8.79. The highest BCUT2D eigenvalue weighted by Gasteiger charge is 2.34. The SMILES string of the molecule is CC(C)c1cc(Nc2nc(N3CCCC3C(=O)NCc3ccco3)nc3c2CCC3)n[nH]1. The zero-order valence-corrected chi connectivity index (χ0v) is 18.5. The maximum absolute atomic E-state index is 12.9. The van der Waals surface area contributed by atoms with E-state index in [4.69, 9.17) is 14.4 Å². The molecule has 3 N–H and O–H groups in total. The molecule has 32 heavy (non-hydrogen) atoms. The monoisotopic (exact) mass is 435 g/mol. The van der Waals surface area contributed by atoms with Gasteiger partial charge in [0.25, 0.3) is 0 Å². The first-order chi connectivity index (χ1) is 15.6. The number of carbonyl (C=O) groups is 1. The largest absolute Gasteiger partial charge is 0.467 e. The number of aryl methyl sites for hydroxylation is 1. The van der Waals surface area contributed by atoms with Gasteiger partial charge in [0.15, 0.2) is 5.82 Å². The van der Waals surface area contributed by atoms with Gasteiger partial charge in [-0.3, -0.25) is 9.89 Å². The Bertz CT molecular complexity index is 1090. The third-order valence-corrected chi connectivity index (χ3v) is 6.22. The molecule has 1 aliphatic carbocycles. The lowest BCUT2D eigenvalue weighted by atomic mass is 10.1. The molecule has 1 amide bonds. The quantitative estimate of drug-likeness (QED) is 0.521. The molecule has 5 rings (SSSR count). The Morgan fingerprint density at radius 3 is 3.00 bits per heavy atom. The zero-order chi connectivity index (χ0) is 22.1. The van der Waals surface area contributed by atoms with E-state index in [9.17, 15) is 4.79 Å². The van der Waals surface area contributed by atoms with Crippen LogP contribution < -0.4 is 15.5 Å². The molecule has 2 aliphatic rings. The summed E-state index contributed by atoms with van der Waals surface area (Å²) in [6, 6.07) is 5.41. The molecule has 4 heterocycles. The number of hydrogen-bond donors (Lipinski definition) is 3. The Morgan fingerprint density at radius 1 is 1.31 bits per heavy atom. The molecule has 0 saturated carbocycles. The number of aromatic nitrogens is 4. The molecular formula is C23H29N7O2. The summed E-state index contributed by atoms with van der Waals surface area (Å²) in [6.07, 6.45) is 6.27. The van der Waals surface area contributed by atoms with Crippen molar-refractivity contribution >= 4 is 23.5 Å². The minimum absolute atomic E-state index is 0.0219. The maximum atomic E-state index is 12.9.